The minimum Gasteiger partial charge on any atom is -0.497 e. The molecule has 0 spiro atoms. The van der Waals surface area contributed by atoms with Gasteiger partial charge in [0.05, 0.1) is 35.3 Å². The van der Waals surface area contributed by atoms with Crippen molar-refractivity contribution in [3.8, 4) is 11.5 Å². The van der Waals surface area contributed by atoms with Crippen molar-refractivity contribution in [2.75, 3.05) is 19.5 Å². The largest absolute Gasteiger partial charge is 0.497 e. The van der Waals surface area contributed by atoms with Crippen molar-refractivity contribution in [2.24, 2.45) is 0 Å². The first kappa shape index (κ1) is 18.5. The van der Waals surface area contributed by atoms with Gasteiger partial charge in [-0.05, 0) is 41.6 Å². The number of fused-ring (bicyclic) bond motifs is 3. The van der Waals surface area contributed by atoms with Crippen LogP contribution in [-0.4, -0.2) is 34.2 Å². The molecule has 4 heterocycles. The van der Waals surface area contributed by atoms with E-state index in [2.05, 4.69) is 38.5 Å². The molecule has 0 saturated carbocycles. The third-order valence-electron chi connectivity index (χ3n) is 5.18. The fourth-order valence-corrected chi connectivity index (χ4v) is 5.49. The zero-order valence-corrected chi connectivity index (χ0v) is 17.7. The average Bonchev–Trinajstić information content (AvgIpc) is 3.45. The summed E-state index contributed by atoms with van der Waals surface area (Å²) in [6, 6.07) is 10.4. The van der Waals surface area contributed by atoms with E-state index < -0.39 is 0 Å². The number of aryl methyl sites for hydroxylation is 1. The van der Waals surface area contributed by atoms with E-state index in [0.29, 0.717) is 6.61 Å². The summed E-state index contributed by atoms with van der Waals surface area (Å²) in [7, 11) is 1.69. The highest BCUT2D eigenvalue weighted by Gasteiger charge is 2.24. The van der Waals surface area contributed by atoms with Gasteiger partial charge in [-0.3, -0.25) is 9.67 Å². The normalized spacial score (nSPS) is 15.8. The second kappa shape index (κ2) is 8.08. The van der Waals surface area contributed by atoms with E-state index >= 15 is 0 Å². The molecule has 0 saturated heterocycles. The Morgan fingerprint density at radius 1 is 1.31 bits per heavy atom. The number of pyridine rings is 1. The zero-order valence-electron chi connectivity index (χ0n) is 16.1. The lowest BCUT2D eigenvalue weighted by Crippen LogP contribution is -2.25. The topological polar surface area (TPSA) is 49.2 Å². The first-order chi connectivity index (χ1) is 14.3. The molecule has 4 aromatic rings. The van der Waals surface area contributed by atoms with Gasteiger partial charge in [0.1, 0.15) is 18.1 Å². The van der Waals surface area contributed by atoms with E-state index in [1.165, 1.54) is 15.3 Å². The van der Waals surface area contributed by atoms with Crippen LogP contribution in [0.4, 0.5) is 0 Å². The second-order valence-corrected chi connectivity index (χ2v) is 9.36. The van der Waals surface area contributed by atoms with Crippen LogP contribution in [0.5, 0.6) is 11.5 Å². The van der Waals surface area contributed by atoms with E-state index in [4.69, 9.17) is 9.47 Å². The van der Waals surface area contributed by atoms with Crippen LogP contribution in [0.2, 0.25) is 0 Å². The summed E-state index contributed by atoms with van der Waals surface area (Å²) < 4.78 is 14.9. The number of hydrogen-bond donors (Lipinski definition) is 0. The molecule has 148 valence electrons. The van der Waals surface area contributed by atoms with Gasteiger partial charge in [0.2, 0.25) is 0 Å². The van der Waals surface area contributed by atoms with Crippen LogP contribution in [0.1, 0.15) is 17.2 Å². The van der Waals surface area contributed by atoms with Crippen LogP contribution in [0, 0.1) is 0 Å². The summed E-state index contributed by atoms with van der Waals surface area (Å²) in [4.78, 5) is 4.52. The van der Waals surface area contributed by atoms with Crippen LogP contribution in [0.3, 0.4) is 0 Å². The predicted molar refractivity (Wildman–Crippen MR) is 118 cm³/mol. The lowest BCUT2D eigenvalue weighted by Gasteiger charge is -2.26. The Morgan fingerprint density at radius 2 is 2.28 bits per heavy atom. The Bertz CT molecular complexity index is 1120. The molecule has 5 rings (SSSR count). The Hall–Kier alpha value is -2.51. The Labute approximate surface area is 177 Å². The van der Waals surface area contributed by atoms with Crippen LogP contribution in [0.25, 0.3) is 10.9 Å². The first-order valence-electron chi connectivity index (χ1n) is 9.58. The number of ether oxygens (including phenoxy) is 2. The number of hydrogen-bond acceptors (Lipinski definition) is 6. The SMILES string of the molecule is COc1ccc2ncc3c(c2c1)CC(n1cc(CCSc2cccs2)cn1)CO3. The number of thioether (sulfide) groups is 1. The van der Waals surface area contributed by atoms with E-state index in [1.807, 2.05) is 42.4 Å². The molecule has 1 unspecified atom stereocenters. The molecule has 29 heavy (non-hydrogen) atoms. The Kier molecular flexibility index (Phi) is 5.16. The number of aromatic nitrogens is 3. The molecule has 0 fully saturated rings. The van der Waals surface area contributed by atoms with Gasteiger partial charge in [-0.1, -0.05) is 6.07 Å². The van der Waals surface area contributed by atoms with Gasteiger partial charge in [-0.15, -0.1) is 23.1 Å². The van der Waals surface area contributed by atoms with Gasteiger partial charge in [0.25, 0.3) is 0 Å². The molecule has 0 aliphatic carbocycles. The smallest absolute Gasteiger partial charge is 0.141 e. The second-order valence-electron chi connectivity index (χ2n) is 7.01. The number of nitrogens with zero attached hydrogens (tertiary/aromatic N) is 3. The van der Waals surface area contributed by atoms with E-state index in [0.717, 1.165) is 41.0 Å². The number of methoxy groups -OCH3 is 1. The fourth-order valence-electron chi connectivity index (χ4n) is 3.64. The molecular weight excluding hydrogens is 402 g/mol. The molecule has 5 nitrogen and oxygen atoms in total. The molecule has 3 aromatic heterocycles. The summed E-state index contributed by atoms with van der Waals surface area (Å²) in [5.74, 6) is 2.76. The summed E-state index contributed by atoms with van der Waals surface area (Å²) in [5.41, 5.74) is 3.40. The maximum absolute atomic E-state index is 6.04. The van der Waals surface area contributed by atoms with Crippen molar-refractivity contribution in [1.29, 1.82) is 0 Å². The monoisotopic (exact) mass is 423 g/mol. The van der Waals surface area contributed by atoms with Crippen molar-refractivity contribution in [2.45, 2.75) is 23.1 Å². The Balaban J connectivity index is 1.33. The zero-order chi connectivity index (χ0) is 19.6. The molecule has 1 aliphatic heterocycles. The van der Waals surface area contributed by atoms with Crippen LogP contribution in [-0.2, 0) is 12.8 Å². The number of benzene rings is 1. The molecule has 1 aliphatic rings. The molecule has 0 amide bonds. The average molecular weight is 424 g/mol. The minimum atomic E-state index is 0.179. The molecule has 0 radical (unpaired) electrons. The number of rotatable bonds is 6. The highest BCUT2D eigenvalue weighted by molar-refractivity contribution is 8.01. The first-order valence-corrected chi connectivity index (χ1v) is 11.4. The standard InChI is InChI=1S/C22H21N3O2S2/c1-26-17-4-5-20-18(10-17)19-9-16(14-27-21(19)12-23-20)25-13-15(11-24-25)6-8-29-22-3-2-7-28-22/h2-5,7,10-13,16H,6,8-9,14H2,1H3. The molecular formula is C22H21N3O2S2. The van der Waals surface area contributed by atoms with E-state index in [-0.39, 0.29) is 6.04 Å². The van der Waals surface area contributed by atoms with Gasteiger partial charge < -0.3 is 9.47 Å². The summed E-state index contributed by atoms with van der Waals surface area (Å²) in [6.07, 6.45) is 7.86. The summed E-state index contributed by atoms with van der Waals surface area (Å²) >= 11 is 3.69. The fraction of sp³-hybridized carbons (Fsp3) is 0.273. The maximum Gasteiger partial charge on any atom is 0.141 e. The highest BCUT2D eigenvalue weighted by Crippen LogP contribution is 2.35. The maximum atomic E-state index is 6.04. The van der Waals surface area contributed by atoms with Crippen LogP contribution >= 0.6 is 23.1 Å². The van der Waals surface area contributed by atoms with Gasteiger partial charge in [0, 0.05) is 29.3 Å². The van der Waals surface area contributed by atoms with Gasteiger partial charge in [-0.2, -0.15) is 5.10 Å². The summed E-state index contributed by atoms with van der Waals surface area (Å²) in [6.45, 7) is 0.606. The van der Waals surface area contributed by atoms with Crippen LogP contribution < -0.4 is 9.47 Å². The van der Waals surface area contributed by atoms with Crippen molar-refractivity contribution in [3.63, 3.8) is 0 Å². The highest BCUT2D eigenvalue weighted by atomic mass is 32.2. The molecule has 7 heteroatoms. The van der Waals surface area contributed by atoms with Gasteiger partial charge in [-0.25, -0.2) is 0 Å². The quantitative estimate of drug-likeness (QED) is 0.408. The van der Waals surface area contributed by atoms with Gasteiger partial charge in [0.15, 0.2) is 0 Å². The van der Waals surface area contributed by atoms with Crippen molar-refractivity contribution < 1.29 is 9.47 Å². The molecule has 0 bridgehead atoms. The summed E-state index contributed by atoms with van der Waals surface area (Å²) in [5, 5.41) is 7.84. The number of thiophene rings is 1. The third-order valence-corrected chi connectivity index (χ3v) is 7.31. The van der Waals surface area contributed by atoms with Gasteiger partial charge >= 0.3 is 0 Å². The van der Waals surface area contributed by atoms with Crippen molar-refractivity contribution >= 4 is 34.0 Å². The molecule has 1 aromatic carbocycles. The Morgan fingerprint density at radius 3 is 3.14 bits per heavy atom. The lowest BCUT2D eigenvalue weighted by atomic mass is 9.99. The van der Waals surface area contributed by atoms with Crippen molar-refractivity contribution in [1.82, 2.24) is 14.8 Å². The molecule has 1 atom stereocenters. The minimum absolute atomic E-state index is 0.179. The van der Waals surface area contributed by atoms with Crippen molar-refractivity contribution in [3.05, 3.63) is 65.4 Å². The van der Waals surface area contributed by atoms with E-state index in [9.17, 15) is 0 Å². The molecule has 0 N–H and O–H groups in total. The lowest BCUT2D eigenvalue weighted by molar-refractivity contribution is 0.214. The predicted octanol–water partition coefficient (Wildman–Crippen LogP) is 5.01. The van der Waals surface area contributed by atoms with Crippen LogP contribution in [0.15, 0.2) is 58.5 Å². The third kappa shape index (κ3) is 3.84. The van der Waals surface area contributed by atoms with E-state index in [1.54, 1.807) is 18.4 Å².